The molecule has 0 bridgehead atoms. The predicted molar refractivity (Wildman–Crippen MR) is 124 cm³/mol. The maximum atomic E-state index is 15.1. The monoisotopic (exact) mass is 450 g/mol. The van der Waals surface area contributed by atoms with E-state index in [1.807, 2.05) is 23.1 Å². The molecular weight excluding hydrogens is 423 g/mol. The normalized spacial score (nSPS) is 18.4. The van der Waals surface area contributed by atoms with E-state index in [0.29, 0.717) is 18.0 Å². The Balaban J connectivity index is 1.45. The molecule has 1 atom stereocenters. The van der Waals surface area contributed by atoms with Gasteiger partial charge in [-0.25, -0.2) is 4.39 Å². The lowest BCUT2D eigenvalue weighted by Gasteiger charge is -2.40. The third kappa shape index (κ3) is 4.28. The molecular formula is C26H27FN2O4. The lowest BCUT2D eigenvalue weighted by molar-refractivity contribution is 0.0179. The van der Waals surface area contributed by atoms with E-state index in [1.165, 1.54) is 6.07 Å². The number of likely N-dealkylation sites (tertiary alicyclic amines) is 1. The van der Waals surface area contributed by atoms with Crippen LogP contribution in [-0.2, 0) is 0 Å². The van der Waals surface area contributed by atoms with Gasteiger partial charge >= 0.3 is 0 Å². The van der Waals surface area contributed by atoms with Gasteiger partial charge in [0.2, 0.25) is 0 Å². The molecule has 0 saturated carbocycles. The first-order chi connectivity index (χ1) is 16.0. The fourth-order valence-corrected chi connectivity index (χ4v) is 4.50. The average Bonchev–Trinajstić information content (AvgIpc) is 2.78. The molecule has 0 amide bonds. The molecule has 172 valence electrons. The Morgan fingerprint density at radius 1 is 1.00 bits per heavy atom. The Bertz CT molecular complexity index is 1130. The summed E-state index contributed by atoms with van der Waals surface area (Å²) in [6, 6.07) is 16.6. The topological polar surface area (TPSA) is 65.4 Å². The van der Waals surface area contributed by atoms with Crippen molar-refractivity contribution in [1.29, 1.82) is 0 Å². The summed E-state index contributed by atoms with van der Waals surface area (Å²) in [5, 5.41) is 19.6. The summed E-state index contributed by atoms with van der Waals surface area (Å²) >= 11 is 0. The summed E-state index contributed by atoms with van der Waals surface area (Å²) in [6.45, 7) is 5.11. The van der Waals surface area contributed by atoms with Crippen molar-refractivity contribution in [2.24, 2.45) is 0 Å². The standard InChI is InChI=1S/C26H27FN2O4/c1-2-11-28-14-21(15-28)33-25-10-5-18(12-22(25)27)29-23-9-8-20(31)13-26(23)32-16-24(29)17-3-6-19(30)7-4-17/h3-10,12-13,21,24,30-31H,2,11,14-16H2,1H3/t24-/m0/s1. The summed E-state index contributed by atoms with van der Waals surface area (Å²) in [4.78, 5) is 4.28. The molecule has 0 aromatic heterocycles. The lowest BCUT2D eigenvalue weighted by atomic mass is 10.0. The zero-order valence-corrected chi connectivity index (χ0v) is 18.4. The Morgan fingerprint density at radius 3 is 2.48 bits per heavy atom. The summed E-state index contributed by atoms with van der Waals surface area (Å²) in [7, 11) is 0. The molecule has 0 radical (unpaired) electrons. The van der Waals surface area contributed by atoms with Crippen LogP contribution in [0.5, 0.6) is 23.0 Å². The molecule has 1 fully saturated rings. The minimum Gasteiger partial charge on any atom is -0.508 e. The predicted octanol–water partition coefficient (Wildman–Crippen LogP) is 4.98. The number of anilines is 2. The molecule has 1 saturated heterocycles. The molecule has 2 aliphatic rings. The third-order valence-corrected chi connectivity index (χ3v) is 6.14. The van der Waals surface area contributed by atoms with Gasteiger partial charge in [-0.2, -0.15) is 0 Å². The fourth-order valence-electron chi connectivity index (χ4n) is 4.50. The van der Waals surface area contributed by atoms with Crippen LogP contribution in [0.2, 0.25) is 0 Å². The van der Waals surface area contributed by atoms with Crippen molar-refractivity contribution in [3.63, 3.8) is 0 Å². The summed E-state index contributed by atoms with van der Waals surface area (Å²) < 4.78 is 26.9. The van der Waals surface area contributed by atoms with Crippen LogP contribution in [0.15, 0.2) is 60.7 Å². The zero-order chi connectivity index (χ0) is 22.9. The van der Waals surface area contributed by atoms with E-state index in [0.717, 1.165) is 37.3 Å². The average molecular weight is 451 g/mol. The first kappa shape index (κ1) is 21.4. The van der Waals surface area contributed by atoms with Crippen molar-refractivity contribution in [2.45, 2.75) is 25.5 Å². The number of halogens is 1. The minimum absolute atomic E-state index is 0.00809. The van der Waals surface area contributed by atoms with Crippen LogP contribution >= 0.6 is 0 Å². The van der Waals surface area contributed by atoms with Gasteiger partial charge in [0, 0.05) is 30.9 Å². The number of phenols is 2. The number of hydrogen-bond acceptors (Lipinski definition) is 6. The summed E-state index contributed by atoms with van der Waals surface area (Å²) in [5.41, 5.74) is 2.28. The highest BCUT2D eigenvalue weighted by atomic mass is 19.1. The SMILES string of the molecule is CCCN1CC(Oc2ccc(N3c4ccc(O)cc4OC[C@H]3c3ccc(O)cc3)cc2F)C1. The van der Waals surface area contributed by atoms with Gasteiger partial charge in [0.05, 0.1) is 11.7 Å². The van der Waals surface area contributed by atoms with Crippen LogP contribution in [-0.4, -0.2) is 47.5 Å². The Hall–Kier alpha value is -3.45. The van der Waals surface area contributed by atoms with Gasteiger partial charge in [0.25, 0.3) is 0 Å². The van der Waals surface area contributed by atoms with Crippen molar-refractivity contribution in [1.82, 2.24) is 4.90 Å². The number of benzene rings is 3. The highest BCUT2D eigenvalue weighted by molar-refractivity contribution is 5.73. The maximum Gasteiger partial charge on any atom is 0.167 e. The minimum atomic E-state index is -0.419. The van der Waals surface area contributed by atoms with Crippen LogP contribution in [0.25, 0.3) is 0 Å². The summed E-state index contributed by atoms with van der Waals surface area (Å²) in [6.07, 6.45) is 1.10. The molecule has 2 N–H and O–H groups in total. The largest absolute Gasteiger partial charge is 0.508 e. The van der Waals surface area contributed by atoms with Gasteiger partial charge in [-0.3, -0.25) is 4.90 Å². The van der Waals surface area contributed by atoms with E-state index in [4.69, 9.17) is 9.47 Å². The number of nitrogens with zero attached hydrogens (tertiary/aromatic N) is 2. The number of phenolic OH excluding ortho intramolecular Hbond substituents is 2. The molecule has 0 spiro atoms. The molecule has 0 unspecified atom stereocenters. The number of aromatic hydroxyl groups is 2. The van der Waals surface area contributed by atoms with Crippen molar-refractivity contribution in [3.8, 4) is 23.0 Å². The van der Waals surface area contributed by atoms with Crippen LogP contribution < -0.4 is 14.4 Å². The Labute approximate surface area is 192 Å². The van der Waals surface area contributed by atoms with Gasteiger partial charge in [-0.15, -0.1) is 0 Å². The molecule has 2 heterocycles. The molecule has 5 rings (SSSR count). The number of hydrogen-bond donors (Lipinski definition) is 2. The highest BCUT2D eigenvalue weighted by Crippen LogP contribution is 2.46. The molecule has 0 aliphatic carbocycles. The smallest absolute Gasteiger partial charge is 0.167 e. The van der Waals surface area contributed by atoms with Crippen LogP contribution in [0.1, 0.15) is 24.9 Å². The van der Waals surface area contributed by atoms with Crippen LogP contribution in [0.3, 0.4) is 0 Å². The van der Waals surface area contributed by atoms with Gasteiger partial charge in [0.15, 0.2) is 11.6 Å². The van der Waals surface area contributed by atoms with Gasteiger partial charge < -0.3 is 24.6 Å². The van der Waals surface area contributed by atoms with E-state index in [-0.39, 0.29) is 29.4 Å². The van der Waals surface area contributed by atoms with E-state index in [1.54, 1.807) is 36.4 Å². The quantitative estimate of drug-likeness (QED) is 0.552. The zero-order valence-electron chi connectivity index (χ0n) is 18.4. The van der Waals surface area contributed by atoms with Crippen molar-refractivity contribution < 1.29 is 24.1 Å². The second kappa shape index (κ2) is 8.83. The fraction of sp³-hybridized carbons (Fsp3) is 0.308. The molecule has 7 heteroatoms. The van der Waals surface area contributed by atoms with Gasteiger partial charge in [-0.1, -0.05) is 19.1 Å². The van der Waals surface area contributed by atoms with Crippen molar-refractivity contribution in [2.75, 3.05) is 31.1 Å². The van der Waals surface area contributed by atoms with E-state index >= 15 is 4.39 Å². The number of ether oxygens (including phenoxy) is 2. The second-order valence-electron chi connectivity index (χ2n) is 8.55. The molecule has 2 aliphatic heterocycles. The molecule has 3 aromatic carbocycles. The van der Waals surface area contributed by atoms with Gasteiger partial charge in [-0.05, 0) is 54.9 Å². The lowest BCUT2D eigenvalue weighted by Crippen LogP contribution is -2.53. The van der Waals surface area contributed by atoms with Gasteiger partial charge in [0.1, 0.15) is 30.0 Å². The first-order valence-electron chi connectivity index (χ1n) is 11.2. The molecule has 6 nitrogen and oxygen atoms in total. The van der Waals surface area contributed by atoms with Crippen molar-refractivity contribution in [3.05, 3.63) is 72.0 Å². The maximum absolute atomic E-state index is 15.1. The second-order valence-corrected chi connectivity index (χ2v) is 8.55. The molecule has 3 aromatic rings. The van der Waals surface area contributed by atoms with E-state index < -0.39 is 5.82 Å². The number of rotatable bonds is 6. The first-order valence-corrected chi connectivity index (χ1v) is 11.2. The Morgan fingerprint density at radius 2 is 1.76 bits per heavy atom. The summed E-state index contributed by atoms with van der Waals surface area (Å²) in [5.74, 6) is 0.631. The number of fused-ring (bicyclic) bond motifs is 1. The van der Waals surface area contributed by atoms with Crippen LogP contribution in [0.4, 0.5) is 15.8 Å². The van der Waals surface area contributed by atoms with Crippen molar-refractivity contribution >= 4 is 11.4 Å². The highest BCUT2D eigenvalue weighted by Gasteiger charge is 2.32. The van der Waals surface area contributed by atoms with E-state index in [2.05, 4.69) is 11.8 Å². The molecule has 33 heavy (non-hydrogen) atoms. The van der Waals surface area contributed by atoms with Crippen LogP contribution in [0, 0.1) is 5.82 Å². The Kier molecular flexibility index (Phi) is 5.72. The van der Waals surface area contributed by atoms with E-state index in [9.17, 15) is 10.2 Å². The third-order valence-electron chi connectivity index (χ3n) is 6.14.